The highest BCUT2D eigenvalue weighted by molar-refractivity contribution is 7.13. The van der Waals surface area contributed by atoms with Crippen LogP contribution in [-0.4, -0.2) is 53.3 Å². The molecule has 1 aromatic heterocycles. The van der Waals surface area contributed by atoms with Gasteiger partial charge in [-0.1, -0.05) is 0 Å². The van der Waals surface area contributed by atoms with Crippen molar-refractivity contribution in [3.05, 3.63) is 15.6 Å². The first kappa shape index (κ1) is 17.4. The molecule has 0 aromatic carbocycles. The van der Waals surface area contributed by atoms with Crippen molar-refractivity contribution < 1.29 is 19.4 Å². The first-order valence-corrected chi connectivity index (χ1v) is 7.41. The number of carbonyl (C=O) groups excluding carboxylic acids is 1. The fourth-order valence-corrected chi connectivity index (χ4v) is 2.61. The maximum atomic E-state index is 12.1. The smallest absolute Gasteiger partial charge is 0.347 e. The minimum absolute atomic E-state index is 0.0489. The Bertz CT molecular complexity index is 502. The van der Waals surface area contributed by atoms with Crippen molar-refractivity contribution in [1.82, 2.24) is 15.2 Å². The lowest BCUT2D eigenvalue weighted by Gasteiger charge is -2.26. The Morgan fingerprint density at radius 2 is 2.14 bits per heavy atom. The van der Waals surface area contributed by atoms with Crippen LogP contribution >= 0.6 is 11.3 Å². The van der Waals surface area contributed by atoms with E-state index in [-0.39, 0.29) is 23.5 Å². The summed E-state index contributed by atoms with van der Waals surface area (Å²) in [7, 11) is 1.59. The lowest BCUT2D eigenvalue weighted by Crippen LogP contribution is -2.45. The fraction of sp³-hybridized carbons (Fsp3) is 0.615. The summed E-state index contributed by atoms with van der Waals surface area (Å²) in [4.78, 5) is 29.1. The van der Waals surface area contributed by atoms with Gasteiger partial charge in [-0.3, -0.25) is 0 Å². The average Bonchev–Trinajstić information content (AvgIpc) is 2.78. The van der Waals surface area contributed by atoms with E-state index in [2.05, 4.69) is 10.3 Å². The molecule has 7 nitrogen and oxygen atoms in total. The summed E-state index contributed by atoms with van der Waals surface area (Å²) in [6.45, 7) is 6.66. The lowest BCUT2D eigenvalue weighted by molar-refractivity contribution is 0.0701. The molecule has 118 valence electrons. The number of carboxylic acid groups (broad SMARTS) is 1. The van der Waals surface area contributed by atoms with Crippen molar-refractivity contribution in [2.75, 3.05) is 20.3 Å². The molecule has 0 aliphatic carbocycles. The van der Waals surface area contributed by atoms with Gasteiger partial charge in [0.05, 0.1) is 18.8 Å². The van der Waals surface area contributed by atoms with Gasteiger partial charge < -0.3 is 20.1 Å². The average molecular weight is 315 g/mol. The summed E-state index contributed by atoms with van der Waals surface area (Å²) in [5.41, 5.74) is 0.469. The van der Waals surface area contributed by atoms with E-state index < -0.39 is 5.97 Å². The number of nitrogens with one attached hydrogen (secondary N) is 1. The van der Waals surface area contributed by atoms with Crippen molar-refractivity contribution in [2.45, 2.75) is 33.4 Å². The zero-order chi connectivity index (χ0) is 16.0. The molecule has 2 N–H and O–H groups in total. The Morgan fingerprint density at radius 1 is 1.48 bits per heavy atom. The normalized spacial score (nSPS) is 10.7. The molecule has 8 heteroatoms. The Balaban J connectivity index is 2.62. The second kappa shape index (κ2) is 7.94. The van der Waals surface area contributed by atoms with Gasteiger partial charge in [0.1, 0.15) is 9.88 Å². The van der Waals surface area contributed by atoms with Crippen molar-refractivity contribution >= 4 is 23.3 Å². The minimum atomic E-state index is -0.994. The van der Waals surface area contributed by atoms with E-state index in [4.69, 9.17) is 9.84 Å². The van der Waals surface area contributed by atoms with E-state index in [1.54, 1.807) is 18.9 Å². The number of urea groups is 1. The standard InChI is InChI=1S/C13H21N3O4S/c1-8(2)16(5-6-20-4)13(19)14-7-10-15-9(3)11(21-10)12(17)18/h8H,5-7H2,1-4H3,(H,14,19)(H,17,18). The molecule has 2 amide bonds. The Labute approximate surface area is 127 Å². The molecule has 1 heterocycles. The van der Waals surface area contributed by atoms with Gasteiger partial charge >= 0.3 is 12.0 Å². The molecule has 0 saturated heterocycles. The number of carboxylic acids is 1. The van der Waals surface area contributed by atoms with Gasteiger partial charge in [-0.2, -0.15) is 0 Å². The number of aryl methyl sites for hydroxylation is 1. The molecular formula is C13H21N3O4S. The van der Waals surface area contributed by atoms with E-state index in [1.807, 2.05) is 13.8 Å². The van der Waals surface area contributed by atoms with Crippen LogP contribution in [0.15, 0.2) is 0 Å². The van der Waals surface area contributed by atoms with Crippen LogP contribution in [0.25, 0.3) is 0 Å². The van der Waals surface area contributed by atoms with Crippen LogP contribution in [0.4, 0.5) is 4.79 Å². The first-order valence-electron chi connectivity index (χ1n) is 6.59. The number of amides is 2. The van der Waals surface area contributed by atoms with Crippen molar-refractivity contribution in [3.8, 4) is 0 Å². The topological polar surface area (TPSA) is 91.8 Å². The quantitative estimate of drug-likeness (QED) is 0.799. The molecule has 1 aromatic rings. The third kappa shape index (κ3) is 4.98. The molecule has 0 unspecified atom stereocenters. The number of carbonyl (C=O) groups is 2. The zero-order valence-electron chi connectivity index (χ0n) is 12.7. The van der Waals surface area contributed by atoms with Gasteiger partial charge in [0.15, 0.2) is 0 Å². The van der Waals surface area contributed by atoms with E-state index in [0.717, 1.165) is 11.3 Å². The summed E-state index contributed by atoms with van der Waals surface area (Å²) >= 11 is 1.08. The van der Waals surface area contributed by atoms with Gasteiger partial charge in [-0.05, 0) is 20.8 Å². The van der Waals surface area contributed by atoms with Crippen LogP contribution in [0.3, 0.4) is 0 Å². The van der Waals surface area contributed by atoms with E-state index in [1.165, 1.54) is 0 Å². The molecule has 0 radical (unpaired) electrons. The molecule has 0 bridgehead atoms. The van der Waals surface area contributed by atoms with Gasteiger partial charge in [0, 0.05) is 19.7 Å². The second-order valence-corrected chi connectivity index (χ2v) is 5.85. The van der Waals surface area contributed by atoms with Gasteiger partial charge in [-0.25, -0.2) is 14.6 Å². The van der Waals surface area contributed by atoms with E-state index in [0.29, 0.717) is 23.9 Å². The highest BCUT2D eigenvalue weighted by atomic mass is 32.1. The third-order valence-corrected chi connectivity index (χ3v) is 3.99. The molecule has 0 aliphatic rings. The number of aromatic carboxylic acids is 1. The second-order valence-electron chi connectivity index (χ2n) is 4.77. The first-order chi connectivity index (χ1) is 9.86. The fourth-order valence-electron chi connectivity index (χ4n) is 1.76. The van der Waals surface area contributed by atoms with Crippen LogP contribution in [0.2, 0.25) is 0 Å². The predicted octanol–water partition coefficient (Wildman–Crippen LogP) is 1.72. The summed E-state index contributed by atoms with van der Waals surface area (Å²) in [6, 6.07) is -0.167. The Morgan fingerprint density at radius 3 is 2.62 bits per heavy atom. The van der Waals surface area contributed by atoms with Crippen LogP contribution in [-0.2, 0) is 11.3 Å². The molecule has 0 spiro atoms. The lowest BCUT2D eigenvalue weighted by atomic mass is 10.3. The number of ether oxygens (including phenoxy) is 1. The number of rotatable bonds is 7. The number of hydrogen-bond donors (Lipinski definition) is 2. The third-order valence-electron chi connectivity index (χ3n) is 2.85. The Hall–Kier alpha value is -1.67. The molecule has 21 heavy (non-hydrogen) atoms. The predicted molar refractivity (Wildman–Crippen MR) is 79.8 cm³/mol. The van der Waals surface area contributed by atoms with Crippen molar-refractivity contribution in [2.24, 2.45) is 0 Å². The number of methoxy groups -OCH3 is 1. The van der Waals surface area contributed by atoms with Crippen LogP contribution < -0.4 is 5.32 Å². The molecule has 0 saturated carbocycles. The highest BCUT2D eigenvalue weighted by Crippen LogP contribution is 2.17. The molecule has 0 aliphatic heterocycles. The number of nitrogens with zero attached hydrogens (tertiary/aromatic N) is 2. The number of aromatic nitrogens is 1. The summed E-state index contributed by atoms with van der Waals surface area (Å²) in [5, 5.41) is 12.3. The van der Waals surface area contributed by atoms with Crippen LogP contribution in [0.5, 0.6) is 0 Å². The maximum Gasteiger partial charge on any atom is 0.347 e. The largest absolute Gasteiger partial charge is 0.477 e. The highest BCUT2D eigenvalue weighted by Gasteiger charge is 2.18. The molecule has 0 atom stereocenters. The summed E-state index contributed by atoms with van der Waals surface area (Å²) in [6.07, 6.45) is 0. The Kier molecular flexibility index (Phi) is 6.57. The van der Waals surface area contributed by atoms with Gasteiger partial charge in [-0.15, -0.1) is 11.3 Å². The van der Waals surface area contributed by atoms with Crippen molar-refractivity contribution in [3.63, 3.8) is 0 Å². The summed E-state index contributed by atoms with van der Waals surface area (Å²) in [5.74, 6) is -0.994. The van der Waals surface area contributed by atoms with E-state index >= 15 is 0 Å². The number of thiazole rings is 1. The van der Waals surface area contributed by atoms with Crippen LogP contribution in [0.1, 0.15) is 34.2 Å². The summed E-state index contributed by atoms with van der Waals surface area (Å²) < 4.78 is 4.98. The maximum absolute atomic E-state index is 12.1. The monoisotopic (exact) mass is 315 g/mol. The molecule has 1 rings (SSSR count). The zero-order valence-corrected chi connectivity index (χ0v) is 13.5. The van der Waals surface area contributed by atoms with E-state index in [9.17, 15) is 9.59 Å². The minimum Gasteiger partial charge on any atom is -0.477 e. The van der Waals surface area contributed by atoms with Gasteiger partial charge in [0.2, 0.25) is 0 Å². The SMILES string of the molecule is COCCN(C(=O)NCc1nc(C)c(C(=O)O)s1)C(C)C. The van der Waals surface area contributed by atoms with Gasteiger partial charge in [0.25, 0.3) is 0 Å². The molecule has 0 fully saturated rings. The van der Waals surface area contributed by atoms with Crippen LogP contribution in [0, 0.1) is 6.92 Å². The van der Waals surface area contributed by atoms with Crippen molar-refractivity contribution in [1.29, 1.82) is 0 Å². The number of hydrogen-bond acceptors (Lipinski definition) is 5. The molecular weight excluding hydrogens is 294 g/mol.